The Morgan fingerprint density at radius 1 is 1.00 bits per heavy atom. The second-order valence-electron chi connectivity index (χ2n) is 4.35. The maximum absolute atomic E-state index is 13.6. The Balaban J connectivity index is 2.36. The molecule has 0 aromatic heterocycles. The van der Waals surface area contributed by atoms with Gasteiger partial charge in [0, 0.05) is 12.1 Å². The Morgan fingerprint density at radius 3 is 2.39 bits per heavy atom. The molecule has 0 bridgehead atoms. The van der Waals surface area contributed by atoms with Crippen LogP contribution in [0.2, 0.25) is 0 Å². The lowest BCUT2D eigenvalue weighted by molar-refractivity contribution is 0.437. The molecule has 0 spiro atoms. The lowest BCUT2D eigenvalue weighted by Gasteiger charge is -2.12. The number of ether oxygens (including phenoxy) is 1. The Kier molecular flexibility index (Phi) is 3.63. The van der Waals surface area contributed by atoms with Crippen molar-refractivity contribution >= 4 is 0 Å². The molecule has 0 fully saturated rings. The largest absolute Gasteiger partial charge is 0.454 e. The van der Waals surface area contributed by atoms with E-state index in [1.807, 2.05) is 32.0 Å². The molecule has 2 aromatic carbocycles. The molecule has 94 valence electrons. The molecule has 0 atom stereocenters. The van der Waals surface area contributed by atoms with Gasteiger partial charge in [0.05, 0.1) is 0 Å². The highest BCUT2D eigenvalue weighted by atomic mass is 19.1. The summed E-state index contributed by atoms with van der Waals surface area (Å²) in [6.07, 6.45) is 0. The third-order valence-corrected chi connectivity index (χ3v) is 2.74. The number of halogens is 1. The SMILES string of the molecule is Cc1ccc(Oc2cc(C)ccc2F)c(CN)c1. The molecule has 0 saturated heterocycles. The minimum atomic E-state index is -0.371. The minimum absolute atomic E-state index is 0.230. The molecule has 0 aliphatic rings. The molecular weight excluding hydrogens is 229 g/mol. The van der Waals surface area contributed by atoms with Crippen LogP contribution >= 0.6 is 0 Å². The van der Waals surface area contributed by atoms with E-state index in [9.17, 15) is 4.39 Å². The number of benzene rings is 2. The smallest absolute Gasteiger partial charge is 0.165 e. The van der Waals surface area contributed by atoms with E-state index in [0.717, 1.165) is 16.7 Å². The van der Waals surface area contributed by atoms with Crippen LogP contribution in [0.5, 0.6) is 11.5 Å². The zero-order valence-electron chi connectivity index (χ0n) is 10.5. The van der Waals surface area contributed by atoms with Crippen molar-refractivity contribution in [2.75, 3.05) is 0 Å². The third-order valence-electron chi connectivity index (χ3n) is 2.74. The molecule has 0 unspecified atom stereocenters. The normalized spacial score (nSPS) is 10.4. The quantitative estimate of drug-likeness (QED) is 0.895. The van der Waals surface area contributed by atoms with Gasteiger partial charge in [-0.1, -0.05) is 23.8 Å². The van der Waals surface area contributed by atoms with Gasteiger partial charge in [0.15, 0.2) is 11.6 Å². The molecule has 0 amide bonds. The van der Waals surface area contributed by atoms with Gasteiger partial charge in [-0.2, -0.15) is 0 Å². The zero-order chi connectivity index (χ0) is 13.1. The summed E-state index contributed by atoms with van der Waals surface area (Å²) < 4.78 is 19.2. The Morgan fingerprint density at radius 2 is 1.67 bits per heavy atom. The van der Waals surface area contributed by atoms with Crippen LogP contribution in [0.3, 0.4) is 0 Å². The maximum atomic E-state index is 13.6. The molecule has 0 saturated carbocycles. The second-order valence-corrected chi connectivity index (χ2v) is 4.35. The minimum Gasteiger partial charge on any atom is -0.454 e. The molecule has 3 heteroatoms. The van der Waals surface area contributed by atoms with Crippen LogP contribution in [0, 0.1) is 19.7 Å². The van der Waals surface area contributed by atoms with E-state index < -0.39 is 0 Å². The van der Waals surface area contributed by atoms with E-state index >= 15 is 0 Å². The van der Waals surface area contributed by atoms with Crippen molar-refractivity contribution in [3.63, 3.8) is 0 Å². The van der Waals surface area contributed by atoms with Crippen molar-refractivity contribution in [1.82, 2.24) is 0 Å². The lowest BCUT2D eigenvalue weighted by atomic mass is 10.1. The fourth-order valence-electron chi connectivity index (χ4n) is 1.77. The number of hydrogen-bond donors (Lipinski definition) is 1. The predicted octanol–water partition coefficient (Wildman–Crippen LogP) is 3.69. The van der Waals surface area contributed by atoms with Crippen molar-refractivity contribution in [2.24, 2.45) is 5.73 Å². The fourth-order valence-corrected chi connectivity index (χ4v) is 1.77. The number of aryl methyl sites for hydroxylation is 2. The highest BCUT2D eigenvalue weighted by Crippen LogP contribution is 2.28. The summed E-state index contributed by atoms with van der Waals surface area (Å²) in [6.45, 7) is 4.24. The first-order valence-electron chi connectivity index (χ1n) is 5.84. The number of nitrogens with two attached hydrogens (primary N) is 1. The van der Waals surface area contributed by atoms with Gasteiger partial charge in [0.25, 0.3) is 0 Å². The summed E-state index contributed by atoms with van der Waals surface area (Å²) in [5.41, 5.74) is 8.59. The molecule has 2 N–H and O–H groups in total. The van der Waals surface area contributed by atoms with Crippen LogP contribution in [-0.4, -0.2) is 0 Å². The average Bonchev–Trinajstić information content (AvgIpc) is 2.36. The first-order chi connectivity index (χ1) is 8.60. The molecular formula is C15H16FNO. The van der Waals surface area contributed by atoms with Gasteiger partial charge in [-0.05, 0) is 37.6 Å². The molecule has 0 radical (unpaired) electrons. The highest BCUT2D eigenvalue weighted by Gasteiger charge is 2.08. The van der Waals surface area contributed by atoms with Crippen LogP contribution in [0.15, 0.2) is 36.4 Å². The predicted molar refractivity (Wildman–Crippen MR) is 70.3 cm³/mol. The molecule has 2 nitrogen and oxygen atoms in total. The van der Waals surface area contributed by atoms with Crippen molar-refractivity contribution < 1.29 is 9.13 Å². The third kappa shape index (κ3) is 2.68. The topological polar surface area (TPSA) is 35.2 Å². The van der Waals surface area contributed by atoms with Crippen LogP contribution in [-0.2, 0) is 6.54 Å². The van der Waals surface area contributed by atoms with E-state index in [-0.39, 0.29) is 11.6 Å². The van der Waals surface area contributed by atoms with Crippen LogP contribution in [0.1, 0.15) is 16.7 Å². The first-order valence-corrected chi connectivity index (χ1v) is 5.84. The summed E-state index contributed by atoms with van der Waals surface area (Å²) in [6, 6.07) is 10.5. The van der Waals surface area contributed by atoms with Gasteiger partial charge in [0.2, 0.25) is 0 Å². The molecule has 18 heavy (non-hydrogen) atoms. The fraction of sp³-hybridized carbons (Fsp3) is 0.200. The van der Waals surface area contributed by atoms with Gasteiger partial charge < -0.3 is 10.5 Å². The monoisotopic (exact) mass is 245 g/mol. The van der Waals surface area contributed by atoms with E-state index in [1.165, 1.54) is 6.07 Å². The first kappa shape index (κ1) is 12.6. The van der Waals surface area contributed by atoms with Gasteiger partial charge >= 0.3 is 0 Å². The van der Waals surface area contributed by atoms with Gasteiger partial charge in [-0.15, -0.1) is 0 Å². The number of rotatable bonds is 3. The summed E-state index contributed by atoms with van der Waals surface area (Å²) in [4.78, 5) is 0. The van der Waals surface area contributed by atoms with Gasteiger partial charge in [0.1, 0.15) is 5.75 Å². The highest BCUT2D eigenvalue weighted by molar-refractivity contribution is 5.41. The summed E-state index contributed by atoms with van der Waals surface area (Å²) >= 11 is 0. The molecule has 2 rings (SSSR count). The van der Waals surface area contributed by atoms with Gasteiger partial charge in [-0.3, -0.25) is 0 Å². The second kappa shape index (κ2) is 5.19. The molecule has 0 aliphatic heterocycles. The molecule has 2 aromatic rings. The zero-order valence-corrected chi connectivity index (χ0v) is 10.5. The Bertz CT molecular complexity index is 566. The number of hydrogen-bond acceptors (Lipinski definition) is 2. The van der Waals surface area contributed by atoms with E-state index in [0.29, 0.717) is 12.3 Å². The van der Waals surface area contributed by atoms with Crippen molar-refractivity contribution in [1.29, 1.82) is 0 Å². The molecule has 0 heterocycles. The Labute approximate surface area is 106 Å². The van der Waals surface area contributed by atoms with Crippen LogP contribution < -0.4 is 10.5 Å². The van der Waals surface area contributed by atoms with Crippen molar-refractivity contribution in [3.8, 4) is 11.5 Å². The van der Waals surface area contributed by atoms with E-state index in [1.54, 1.807) is 12.1 Å². The van der Waals surface area contributed by atoms with Crippen LogP contribution in [0.4, 0.5) is 4.39 Å². The van der Waals surface area contributed by atoms with E-state index in [2.05, 4.69) is 0 Å². The lowest BCUT2D eigenvalue weighted by Crippen LogP contribution is -2.00. The van der Waals surface area contributed by atoms with Crippen molar-refractivity contribution in [3.05, 3.63) is 58.9 Å². The summed E-state index contributed by atoms with van der Waals surface area (Å²) in [5.74, 6) is 0.463. The Hall–Kier alpha value is -1.87. The standard InChI is InChI=1S/C15H16FNO/c1-10-4-6-14(12(7-10)9-17)18-15-8-11(2)3-5-13(15)16/h3-8H,9,17H2,1-2H3. The summed E-state index contributed by atoms with van der Waals surface area (Å²) in [7, 11) is 0. The average molecular weight is 245 g/mol. The van der Waals surface area contributed by atoms with Crippen LogP contribution in [0.25, 0.3) is 0 Å². The molecule has 0 aliphatic carbocycles. The summed E-state index contributed by atoms with van der Waals surface area (Å²) in [5, 5.41) is 0. The van der Waals surface area contributed by atoms with Crippen molar-refractivity contribution in [2.45, 2.75) is 20.4 Å². The maximum Gasteiger partial charge on any atom is 0.165 e. The van der Waals surface area contributed by atoms with E-state index in [4.69, 9.17) is 10.5 Å². The van der Waals surface area contributed by atoms with Gasteiger partial charge in [-0.25, -0.2) is 4.39 Å².